The summed E-state index contributed by atoms with van der Waals surface area (Å²) < 4.78 is 0. The number of benzene rings is 6. The van der Waals surface area contributed by atoms with Gasteiger partial charge in [-0.05, 0) is 96.1 Å². The number of rotatable bonds is 4. The summed E-state index contributed by atoms with van der Waals surface area (Å²) in [6.07, 6.45) is 19.7. The first-order chi connectivity index (χ1) is 23.3. The molecule has 0 radical (unpaired) electrons. The molecule has 8 rings (SSSR count). The van der Waals surface area contributed by atoms with Gasteiger partial charge in [-0.3, -0.25) is 4.98 Å². The SMILES string of the molecule is CC1C=CC(c2c3ccccc3c(-c3ccc(-c4ccc(-c5cccnc5)cc4)c4ccccc34)c3ccccc23)CC/C=C\C=C/1. The second-order valence-electron chi connectivity index (χ2n) is 12.6. The lowest BCUT2D eigenvalue weighted by Crippen LogP contribution is -2.01. The predicted molar refractivity (Wildman–Crippen MR) is 202 cm³/mol. The Morgan fingerprint density at radius 2 is 1.13 bits per heavy atom. The van der Waals surface area contributed by atoms with E-state index in [4.69, 9.17) is 0 Å². The molecule has 0 N–H and O–H groups in total. The van der Waals surface area contributed by atoms with E-state index < -0.39 is 0 Å². The number of aromatic nitrogens is 1. The summed E-state index contributed by atoms with van der Waals surface area (Å²) in [5, 5.41) is 7.86. The van der Waals surface area contributed by atoms with Crippen molar-refractivity contribution in [2.75, 3.05) is 0 Å². The van der Waals surface area contributed by atoms with Gasteiger partial charge in [0.15, 0.2) is 0 Å². The molecule has 1 heterocycles. The standard InChI is InChI=1S/C46H37N/c1-32-13-4-2-3-5-14-35(23-22-32)45-40-18-8-10-20-42(40)46(43-21-11-9-19-41(43)45)44-29-28-37(38-16-6-7-17-39(38)44)34-26-24-33(25-27-34)36-15-12-30-47-31-36/h2-4,6-13,15-32,35H,5,14H2,1H3/b3-2-,13-4-,23-22?. The average Bonchev–Trinajstić information content (AvgIpc) is 3.14. The van der Waals surface area contributed by atoms with Crippen molar-refractivity contribution in [3.63, 3.8) is 0 Å². The van der Waals surface area contributed by atoms with Gasteiger partial charge in [-0.15, -0.1) is 0 Å². The summed E-state index contributed by atoms with van der Waals surface area (Å²) in [4.78, 5) is 4.31. The van der Waals surface area contributed by atoms with E-state index in [0.29, 0.717) is 11.8 Å². The number of allylic oxidation sites excluding steroid dienone is 6. The molecule has 6 aromatic carbocycles. The zero-order chi connectivity index (χ0) is 31.6. The molecule has 0 aliphatic heterocycles. The van der Waals surface area contributed by atoms with E-state index in [1.54, 1.807) is 0 Å². The molecule has 0 amide bonds. The monoisotopic (exact) mass is 603 g/mol. The molecule has 1 aliphatic rings. The third-order valence-corrected chi connectivity index (χ3v) is 9.68. The maximum atomic E-state index is 4.31. The molecule has 1 aromatic heterocycles. The Kier molecular flexibility index (Phi) is 7.81. The Balaban J connectivity index is 1.33. The Labute approximate surface area is 277 Å². The van der Waals surface area contributed by atoms with Crippen molar-refractivity contribution in [1.82, 2.24) is 4.98 Å². The molecule has 0 bridgehead atoms. The lowest BCUT2D eigenvalue weighted by atomic mass is 9.80. The summed E-state index contributed by atoms with van der Waals surface area (Å²) in [5.41, 5.74) is 8.80. The molecule has 2 unspecified atom stereocenters. The van der Waals surface area contributed by atoms with Crippen LogP contribution in [0.3, 0.4) is 0 Å². The van der Waals surface area contributed by atoms with E-state index in [2.05, 4.69) is 164 Å². The summed E-state index contributed by atoms with van der Waals surface area (Å²) >= 11 is 0. The van der Waals surface area contributed by atoms with Gasteiger partial charge in [-0.2, -0.15) is 0 Å². The second kappa shape index (κ2) is 12.7. The van der Waals surface area contributed by atoms with Gasteiger partial charge in [0.05, 0.1) is 0 Å². The minimum absolute atomic E-state index is 0.325. The van der Waals surface area contributed by atoms with Crippen LogP contribution in [0.5, 0.6) is 0 Å². The van der Waals surface area contributed by atoms with Gasteiger partial charge in [0.2, 0.25) is 0 Å². The Morgan fingerprint density at radius 3 is 1.81 bits per heavy atom. The lowest BCUT2D eigenvalue weighted by Gasteiger charge is -2.23. The zero-order valence-corrected chi connectivity index (χ0v) is 26.7. The van der Waals surface area contributed by atoms with Crippen LogP contribution >= 0.6 is 0 Å². The van der Waals surface area contributed by atoms with Gasteiger partial charge < -0.3 is 0 Å². The molecule has 47 heavy (non-hydrogen) atoms. The van der Waals surface area contributed by atoms with Crippen LogP contribution < -0.4 is 0 Å². The molecule has 226 valence electrons. The molecule has 1 nitrogen and oxygen atoms in total. The van der Waals surface area contributed by atoms with E-state index in [-0.39, 0.29) is 0 Å². The third-order valence-electron chi connectivity index (χ3n) is 9.68. The number of fused-ring (bicyclic) bond motifs is 3. The highest BCUT2D eigenvalue weighted by molar-refractivity contribution is 6.19. The summed E-state index contributed by atoms with van der Waals surface area (Å²) in [7, 11) is 0. The fourth-order valence-electron chi connectivity index (χ4n) is 7.40. The van der Waals surface area contributed by atoms with Crippen LogP contribution in [0.25, 0.3) is 65.7 Å². The maximum absolute atomic E-state index is 4.31. The van der Waals surface area contributed by atoms with E-state index in [1.807, 2.05) is 18.5 Å². The first-order valence-electron chi connectivity index (χ1n) is 16.7. The normalized spacial score (nSPS) is 18.0. The number of hydrogen-bond acceptors (Lipinski definition) is 1. The lowest BCUT2D eigenvalue weighted by molar-refractivity contribution is 0.750. The van der Waals surface area contributed by atoms with Crippen LogP contribution in [-0.2, 0) is 0 Å². The first-order valence-corrected chi connectivity index (χ1v) is 16.7. The van der Waals surface area contributed by atoms with Crippen LogP contribution in [0, 0.1) is 5.92 Å². The van der Waals surface area contributed by atoms with Crippen molar-refractivity contribution in [3.05, 3.63) is 176 Å². The molecule has 0 saturated heterocycles. The Morgan fingerprint density at radius 1 is 0.511 bits per heavy atom. The van der Waals surface area contributed by atoms with Crippen LogP contribution in [0.2, 0.25) is 0 Å². The predicted octanol–water partition coefficient (Wildman–Crippen LogP) is 12.7. The van der Waals surface area contributed by atoms with Crippen LogP contribution in [0.4, 0.5) is 0 Å². The van der Waals surface area contributed by atoms with E-state index in [0.717, 1.165) is 18.4 Å². The Hall–Kier alpha value is -5.53. The van der Waals surface area contributed by atoms with Crippen molar-refractivity contribution in [3.8, 4) is 33.4 Å². The summed E-state index contributed by atoms with van der Waals surface area (Å²) in [5.74, 6) is 0.722. The first kappa shape index (κ1) is 28.9. The molecule has 7 aromatic rings. The molecule has 1 aliphatic carbocycles. The summed E-state index contributed by atoms with van der Waals surface area (Å²) in [6, 6.07) is 44.7. The van der Waals surface area contributed by atoms with Crippen molar-refractivity contribution in [2.24, 2.45) is 5.92 Å². The Bertz CT molecular complexity index is 2250. The highest BCUT2D eigenvalue weighted by Gasteiger charge is 2.21. The van der Waals surface area contributed by atoms with Crippen LogP contribution in [0.15, 0.2) is 170 Å². The van der Waals surface area contributed by atoms with Crippen molar-refractivity contribution in [2.45, 2.75) is 25.7 Å². The largest absolute Gasteiger partial charge is 0.264 e. The van der Waals surface area contributed by atoms with E-state index in [1.165, 1.54) is 65.7 Å². The van der Waals surface area contributed by atoms with Gasteiger partial charge in [0, 0.05) is 18.3 Å². The van der Waals surface area contributed by atoms with Gasteiger partial charge in [-0.1, -0.05) is 159 Å². The molecule has 0 fully saturated rings. The molecule has 1 heteroatoms. The molecule has 2 atom stereocenters. The zero-order valence-electron chi connectivity index (χ0n) is 26.7. The molecular formula is C46H37N. The average molecular weight is 604 g/mol. The maximum Gasteiger partial charge on any atom is 0.0346 e. The minimum Gasteiger partial charge on any atom is -0.264 e. The highest BCUT2D eigenvalue weighted by Crippen LogP contribution is 2.46. The quantitative estimate of drug-likeness (QED) is 0.144. The van der Waals surface area contributed by atoms with E-state index >= 15 is 0 Å². The second-order valence-corrected chi connectivity index (χ2v) is 12.6. The van der Waals surface area contributed by atoms with Gasteiger partial charge in [-0.25, -0.2) is 0 Å². The fourth-order valence-corrected chi connectivity index (χ4v) is 7.40. The van der Waals surface area contributed by atoms with Crippen molar-refractivity contribution >= 4 is 32.3 Å². The van der Waals surface area contributed by atoms with Gasteiger partial charge in [0.1, 0.15) is 0 Å². The van der Waals surface area contributed by atoms with Crippen molar-refractivity contribution < 1.29 is 0 Å². The number of pyridine rings is 1. The smallest absolute Gasteiger partial charge is 0.0346 e. The van der Waals surface area contributed by atoms with Crippen LogP contribution in [0.1, 0.15) is 31.2 Å². The molecular weight excluding hydrogens is 567 g/mol. The summed E-state index contributed by atoms with van der Waals surface area (Å²) in [6.45, 7) is 2.27. The number of hydrogen-bond donors (Lipinski definition) is 0. The minimum atomic E-state index is 0.325. The number of nitrogens with zero attached hydrogens (tertiary/aromatic N) is 1. The topological polar surface area (TPSA) is 12.9 Å². The van der Waals surface area contributed by atoms with Crippen LogP contribution in [-0.4, -0.2) is 4.98 Å². The highest BCUT2D eigenvalue weighted by atomic mass is 14.6. The van der Waals surface area contributed by atoms with Gasteiger partial charge >= 0.3 is 0 Å². The van der Waals surface area contributed by atoms with Gasteiger partial charge in [0.25, 0.3) is 0 Å². The van der Waals surface area contributed by atoms with E-state index in [9.17, 15) is 0 Å². The molecule has 0 saturated carbocycles. The molecule has 0 spiro atoms. The fraction of sp³-hybridized carbons (Fsp3) is 0.109. The third kappa shape index (κ3) is 5.49. The van der Waals surface area contributed by atoms with Crippen molar-refractivity contribution in [1.29, 1.82) is 0 Å².